The molecular formula is C67H49N3S2. The first-order valence-corrected chi connectivity index (χ1v) is 26.6. The minimum Gasteiger partial charge on any atom is -0.334 e. The van der Waals surface area contributed by atoms with Crippen LogP contribution >= 0.6 is 22.7 Å². The van der Waals surface area contributed by atoms with Crippen LogP contribution in [0.3, 0.4) is 0 Å². The molecule has 0 saturated carbocycles. The van der Waals surface area contributed by atoms with Crippen molar-refractivity contribution in [3.63, 3.8) is 0 Å². The number of anilines is 8. The fourth-order valence-electron chi connectivity index (χ4n) is 11.8. The third-order valence-electron chi connectivity index (χ3n) is 15.1. The molecule has 10 aromatic carbocycles. The highest BCUT2D eigenvalue weighted by atomic mass is 32.1. The second-order valence-corrected chi connectivity index (χ2v) is 21.8. The van der Waals surface area contributed by atoms with Gasteiger partial charge in [0.25, 0.3) is 0 Å². The van der Waals surface area contributed by atoms with Crippen LogP contribution in [0.15, 0.2) is 237 Å². The second kappa shape index (κ2) is 17.0. The Hall–Kier alpha value is -8.22. The highest BCUT2D eigenvalue weighted by Crippen LogP contribution is 2.53. The summed E-state index contributed by atoms with van der Waals surface area (Å²) in [5, 5.41) is 6.33. The molecule has 3 nitrogen and oxygen atoms in total. The predicted octanol–water partition coefficient (Wildman–Crippen LogP) is 19.4. The Morgan fingerprint density at radius 3 is 1.81 bits per heavy atom. The van der Waals surface area contributed by atoms with Gasteiger partial charge in [-0.15, -0.1) is 22.7 Å². The van der Waals surface area contributed by atoms with Crippen molar-refractivity contribution < 1.29 is 0 Å². The molecule has 5 heteroatoms. The zero-order valence-electron chi connectivity index (χ0n) is 40.0. The summed E-state index contributed by atoms with van der Waals surface area (Å²) in [6, 6.07) is 85.0. The van der Waals surface area contributed by atoms with E-state index in [1.165, 1.54) is 96.5 Å². The molecule has 344 valence electrons. The van der Waals surface area contributed by atoms with Crippen LogP contribution in [0.25, 0.3) is 58.2 Å². The molecule has 2 aromatic heterocycles. The van der Waals surface area contributed by atoms with Crippen LogP contribution in [0.1, 0.15) is 35.4 Å². The Bertz CT molecular complexity index is 4030. The molecule has 0 saturated heterocycles. The molecular weight excluding hydrogens is 911 g/mol. The lowest BCUT2D eigenvalue weighted by Gasteiger charge is -2.34. The van der Waals surface area contributed by atoms with Gasteiger partial charge in [0.05, 0.1) is 22.1 Å². The van der Waals surface area contributed by atoms with Crippen LogP contribution < -0.4 is 14.7 Å². The average molecular weight is 960 g/mol. The summed E-state index contributed by atoms with van der Waals surface area (Å²) < 4.78 is 3.85. The third kappa shape index (κ3) is 6.83. The standard InChI is InChI=1S/C67H49N3S2/c1-67(2)57-30-15-14-28-52(57)56-41-48(37-40-58(56)67)69(47-25-10-5-11-26-47)61-33-17-29-54-53-38-35-49(42-63(53)72-66(54)61)70(59-31-16-20-44-19-12-13-27-51(44)59)50-36-39-55-64(43-50)71-62-34-18-32-60(65(55)62)68(45-21-6-3-7-22-45)46-23-8-4-9-24-46/h3-42,50H,43H2,1-2H3. The quantitative estimate of drug-likeness (QED) is 0.143. The van der Waals surface area contributed by atoms with Crippen molar-refractivity contribution in [2.45, 2.75) is 31.7 Å². The molecule has 14 rings (SSSR count). The van der Waals surface area contributed by atoms with Crippen LogP contribution in [0.2, 0.25) is 0 Å². The third-order valence-corrected chi connectivity index (χ3v) is 17.5. The number of fused-ring (bicyclic) bond motifs is 10. The molecule has 0 amide bonds. The van der Waals surface area contributed by atoms with Crippen molar-refractivity contribution in [1.82, 2.24) is 0 Å². The Balaban J connectivity index is 0.901. The molecule has 2 heterocycles. The Labute approximate surface area is 428 Å². The highest BCUT2D eigenvalue weighted by molar-refractivity contribution is 7.26. The van der Waals surface area contributed by atoms with E-state index in [4.69, 9.17) is 0 Å². The van der Waals surface area contributed by atoms with Gasteiger partial charge in [-0.1, -0.05) is 172 Å². The molecule has 2 aliphatic carbocycles. The smallest absolute Gasteiger partial charge is 0.0640 e. The zero-order chi connectivity index (χ0) is 47.9. The van der Waals surface area contributed by atoms with E-state index in [0.29, 0.717) is 0 Å². The Morgan fingerprint density at radius 1 is 0.431 bits per heavy atom. The Morgan fingerprint density at radius 2 is 1.03 bits per heavy atom. The van der Waals surface area contributed by atoms with Crippen molar-refractivity contribution in [3.05, 3.63) is 258 Å². The van der Waals surface area contributed by atoms with E-state index in [2.05, 4.69) is 271 Å². The number of hydrogen-bond acceptors (Lipinski definition) is 5. The van der Waals surface area contributed by atoms with Gasteiger partial charge in [-0.25, -0.2) is 0 Å². The van der Waals surface area contributed by atoms with E-state index in [0.717, 1.165) is 29.2 Å². The van der Waals surface area contributed by atoms with E-state index in [1.807, 2.05) is 22.7 Å². The summed E-state index contributed by atoms with van der Waals surface area (Å²) in [6.45, 7) is 4.71. The first kappa shape index (κ1) is 42.6. The number of nitrogens with zero attached hydrogens (tertiary/aromatic N) is 3. The number of benzene rings is 10. The van der Waals surface area contributed by atoms with Crippen molar-refractivity contribution >= 4 is 115 Å². The van der Waals surface area contributed by atoms with Gasteiger partial charge in [0.15, 0.2) is 0 Å². The highest BCUT2D eigenvalue weighted by Gasteiger charge is 2.36. The molecule has 0 radical (unpaired) electrons. The summed E-state index contributed by atoms with van der Waals surface area (Å²) in [5.74, 6) is 0. The van der Waals surface area contributed by atoms with Gasteiger partial charge in [-0.2, -0.15) is 0 Å². The van der Waals surface area contributed by atoms with Crippen molar-refractivity contribution in [1.29, 1.82) is 0 Å². The van der Waals surface area contributed by atoms with E-state index in [1.54, 1.807) is 0 Å². The normalized spacial score (nSPS) is 14.4. The van der Waals surface area contributed by atoms with Gasteiger partial charge in [-0.05, 0) is 118 Å². The van der Waals surface area contributed by atoms with Gasteiger partial charge in [-0.3, -0.25) is 0 Å². The first-order valence-electron chi connectivity index (χ1n) is 24.9. The molecule has 0 aliphatic heterocycles. The minimum atomic E-state index is -0.0602. The van der Waals surface area contributed by atoms with Crippen molar-refractivity contribution in [2.24, 2.45) is 0 Å². The number of para-hydroxylation sites is 3. The molecule has 0 bridgehead atoms. The predicted molar refractivity (Wildman–Crippen MR) is 311 cm³/mol. The lowest BCUT2D eigenvalue weighted by molar-refractivity contribution is 0.660. The molecule has 0 fully saturated rings. The van der Waals surface area contributed by atoms with Gasteiger partial charge >= 0.3 is 0 Å². The van der Waals surface area contributed by atoms with Gasteiger partial charge in [0, 0.05) is 81.8 Å². The van der Waals surface area contributed by atoms with E-state index < -0.39 is 0 Å². The SMILES string of the molecule is CC1(C)c2ccccc2-c2cc(N(c3ccccc3)c3cccc4c3sc3cc(N(c5cccc6ccccc56)C5C=Cc6c(sc7cccc(N(c8ccccc8)c8ccccc8)c67)C5)ccc34)ccc21. The number of rotatable bonds is 9. The fourth-order valence-corrected chi connectivity index (χ4v) is 14.3. The van der Waals surface area contributed by atoms with E-state index in [9.17, 15) is 0 Å². The number of thiophene rings is 2. The van der Waals surface area contributed by atoms with Crippen LogP contribution in [0.5, 0.6) is 0 Å². The fraction of sp³-hybridized carbons (Fsp3) is 0.0746. The van der Waals surface area contributed by atoms with E-state index in [-0.39, 0.29) is 11.5 Å². The largest absolute Gasteiger partial charge is 0.334 e. The summed E-state index contributed by atoms with van der Waals surface area (Å²) in [6.07, 6.45) is 5.76. The summed E-state index contributed by atoms with van der Waals surface area (Å²) >= 11 is 3.84. The van der Waals surface area contributed by atoms with Crippen LogP contribution in [-0.2, 0) is 11.8 Å². The molecule has 1 unspecified atom stereocenters. The Kier molecular flexibility index (Phi) is 10.1. The minimum absolute atomic E-state index is 0.0602. The van der Waals surface area contributed by atoms with Crippen LogP contribution in [-0.4, -0.2) is 6.04 Å². The van der Waals surface area contributed by atoms with Crippen molar-refractivity contribution in [3.8, 4) is 11.1 Å². The second-order valence-electron chi connectivity index (χ2n) is 19.6. The monoisotopic (exact) mass is 959 g/mol. The van der Waals surface area contributed by atoms with E-state index >= 15 is 0 Å². The lowest BCUT2D eigenvalue weighted by Crippen LogP contribution is -2.32. The molecule has 0 spiro atoms. The molecule has 72 heavy (non-hydrogen) atoms. The maximum absolute atomic E-state index is 2.61. The summed E-state index contributed by atoms with van der Waals surface area (Å²) in [7, 11) is 0. The van der Waals surface area contributed by atoms with Gasteiger partial charge in [0.1, 0.15) is 0 Å². The molecule has 2 aliphatic rings. The topological polar surface area (TPSA) is 9.72 Å². The lowest BCUT2D eigenvalue weighted by atomic mass is 9.82. The maximum Gasteiger partial charge on any atom is 0.0640 e. The molecule has 1 atom stereocenters. The molecule has 0 N–H and O–H groups in total. The summed E-state index contributed by atoms with van der Waals surface area (Å²) in [5.41, 5.74) is 16.0. The van der Waals surface area contributed by atoms with Crippen LogP contribution in [0, 0.1) is 0 Å². The molecule has 12 aromatic rings. The zero-order valence-corrected chi connectivity index (χ0v) is 41.7. The van der Waals surface area contributed by atoms with Crippen molar-refractivity contribution in [2.75, 3.05) is 14.7 Å². The van der Waals surface area contributed by atoms with Crippen LogP contribution in [0.4, 0.5) is 45.5 Å². The number of hydrogen-bond donors (Lipinski definition) is 0. The maximum atomic E-state index is 2.61. The summed E-state index contributed by atoms with van der Waals surface area (Å²) in [4.78, 5) is 8.89. The average Bonchev–Trinajstić information content (AvgIpc) is 4.07. The van der Waals surface area contributed by atoms with Gasteiger partial charge in [0.2, 0.25) is 0 Å². The van der Waals surface area contributed by atoms with Gasteiger partial charge < -0.3 is 14.7 Å². The first-order chi connectivity index (χ1) is 35.5.